The Balaban J connectivity index is 2.30. The third kappa shape index (κ3) is 1.14. The lowest BCUT2D eigenvalue weighted by Gasteiger charge is -1.98. The minimum atomic E-state index is -0.332. The van der Waals surface area contributed by atoms with Crippen LogP contribution in [0.4, 0.5) is 0 Å². The molecule has 1 aromatic rings. The third-order valence-corrected chi connectivity index (χ3v) is 1.80. The van der Waals surface area contributed by atoms with Crippen molar-refractivity contribution in [2.24, 2.45) is 0 Å². The van der Waals surface area contributed by atoms with Gasteiger partial charge in [-0.05, 0) is 31.7 Å². The molecule has 0 saturated heterocycles. The summed E-state index contributed by atoms with van der Waals surface area (Å²) in [4.78, 5) is 0. The zero-order chi connectivity index (χ0) is 8.55. The fourth-order valence-electron chi connectivity index (χ4n) is 1.18. The number of hydrogen-bond acceptors (Lipinski definition) is 3. The molecule has 4 heteroatoms. The van der Waals surface area contributed by atoms with Gasteiger partial charge in [-0.2, -0.15) is 0 Å². The van der Waals surface area contributed by atoms with Gasteiger partial charge in [-0.1, -0.05) is 6.07 Å². The average Bonchev–Trinajstić information content (AvgIpc) is 2.46. The van der Waals surface area contributed by atoms with Crippen molar-refractivity contribution in [2.75, 3.05) is 7.05 Å². The molecule has 0 aliphatic carbocycles. The van der Waals surface area contributed by atoms with Gasteiger partial charge >= 0.3 is 7.25 Å². The van der Waals surface area contributed by atoms with Crippen molar-refractivity contribution >= 4 is 7.25 Å². The Morgan fingerprint density at radius 1 is 1.25 bits per heavy atom. The molecular weight excluding hydrogens is 153 g/mol. The van der Waals surface area contributed by atoms with E-state index in [-0.39, 0.29) is 7.25 Å². The van der Waals surface area contributed by atoms with Gasteiger partial charge < -0.3 is 9.31 Å². The molecule has 1 aliphatic rings. The number of fused-ring (bicyclic) bond motifs is 1. The maximum absolute atomic E-state index is 5.40. The topological polar surface area (TPSA) is 30.5 Å². The quantitative estimate of drug-likeness (QED) is 0.625. The van der Waals surface area contributed by atoms with E-state index in [1.165, 1.54) is 5.56 Å². The van der Waals surface area contributed by atoms with Gasteiger partial charge in [0, 0.05) is 0 Å². The van der Waals surface area contributed by atoms with Crippen LogP contribution in [0.3, 0.4) is 0 Å². The van der Waals surface area contributed by atoms with Crippen molar-refractivity contribution in [3.8, 4) is 11.5 Å². The van der Waals surface area contributed by atoms with Crippen LogP contribution in [0.2, 0.25) is 0 Å². The third-order valence-electron chi connectivity index (χ3n) is 1.80. The summed E-state index contributed by atoms with van der Waals surface area (Å²) in [5.74, 6) is 1.62. The lowest BCUT2D eigenvalue weighted by atomic mass is 10.1. The Bertz CT molecular complexity index is 303. The van der Waals surface area contributed by atoms with Crippen LogP contribution < -0.4 is 14.5 Å². The Morgan fingerprint density at radius 3 is 2.75 bits per heavy atom. The van der Waals surface area contributed by atoms with E-state index in [9.17, 15) is 0 Å². The smallest absolute Gasteiger partial charge is 0.509 e. The number of nitrogens with one attached hydrogen (secondary N) is 1. The van der Waals surface area contributed by atoms with E-state index in [1.54, 1.807) is 7.05 Å². The maximum atomic E-state index is 5.40. The van der Waals surface area contributed by atoms with Crippen LogP contribution in [0.1, 0.15) is 5.56 Å². The molecule has 0 radical (unpaired) electrons. The first kappa shape index (κ1) is 7.49. The summed E-state index contributed by atoms with van der Waals surface area (Å²) < 4.78 is 10.8. The van der Waals surface area contributed by atoms with Crippen LogP contribution >= 0.6 is 0 Å². The summed E-state index contributed by atoms with van der Waals surface area (Å²) >= 11 is 0. The molecule has 62 valence electrons. The first-order valence-corrected chi connectivity index (χ1v) is 3.91. The second-order valence-corrected chi connectivity index (χ2v) is 2.81. The second-order valence-electron chi connectivity index (χ2n) is 2.81. The van der Waals surface area contributed by atoms with Gasteiger partial charge in [0.15, 0.2) is 0 Å². The fraction of sp³-hybridized carbons (Fsp3) is 0.250. The molecule has 3 nitrogen and oxygen atoms in total. The fourth-order valence-corrected chi connectivity index (χ4v) is 1.18. The van der Waals surface area contributed by atoms with E-state index in [0.29, 0.717) is 0 Å². The van der Waals surface area contributed by atoms with E-state index in [1.807, 2.05) is 25.1 Å². The standard InChI is InChI=1S/C8H10BNO2/c1-6-3-4-7-8(5-6)12-9(10-2)11-7/h3-5,10H,1-2H3. The summed E-state index contributed by atoms with van der Waals surface area (Å²) in [6.45, 7) is 2.02. The Hall–Kier alpha value is -1.16. The van der Waals surface area contributed by atoms with Gasteiger partial charge in [-0.3, -0.25) is 5.23 Å². The van der Waals surface area contributed by atoms with Crippen molar-refractivity contribution in [1.29, 1.82) is 0 Å². The predicted molar refractivity (Wildman–Crippen MR) is 47.2 cm³/mol. The molecule has 0 fully saturated rings. The van der Waals surface area contributed by atoms with E-state index in [0.717, 1.165) is 11.5 Å². The van der Waals surface area contributed by atoms with E-state index < -0.39 is 0 Å². The number of rotatable bonds is 1. The van der Waals surface area contributed by atoms with Crippen molar-refractivity contribution in [3.05, 3.63) is 23.8 Å². The minimum Gasteiger partial charge on any atom is -0.509 e. The maximum Gasteiger partial charge on any atom is 0.698 e. The van der Waals surface area contributed by atoms with Crippen molar-refractivity contribution in [3.63, 3.8) is 0 Å². The lowest BCUT2D eigenvalue weighted by Crippen LogP contribution is -2.39. The van der Waals surface area contributed by atoms with Gasteiger partial charge in [-0.15, -0.1) is 0 Å². The van der Waals surface area contributed by atoms with Crippen LogP contribution in [0.15, 0.2) is 18.2 Å². The molecule has 2 rings (SSSR count). The Kier molecular flexibility index (Phi) is 1.69. The average molecular weight is 163 g/mol. The van der Waals surface area contributed by atoms with Crippen molar-refractivity contribution in [1.82, 2.24) is 5.23 Å². The molecule has 0 bridgehead atoms. The highest BCUT2D eigenvalue weighted by Gasteiger charge is 2.30. The SMILES string of the molecule is CNB1Oc2ccc(C)cc2O1. The molecule has 0 saturated carbocycles. The first-order chi connectivity index (χ1) is 5.79. The molecule has 0 unspecified atom stereocenters. The Labute approximate surface area is 71.8 Å². The molecule has 12 heavy (non-hydrogen) atoms. The predicted octanol–water partition coefficient (Wildman–Crippen LogP) is 0.971. The monoisotopic (exact) mass is 163 g/mol. The second kappa shape index (κ2) is 2.71. The zero-order valence-electron chi connectivity index (χ0n) is 7.13. The molecule has 0 spiro atoms. The van der Waals surface area contributed by atoms with Gasteiger partial charge in [0.05, 0.1) is 0 Å². The first-order valence-electron chi connectivity index (χ1n) is 3.91. The summed E-state index contributed by atoms with van der Waals surface area (Å²) in [5, 5.41) is 2.89. The molecule has 0 amide bonds. The highest BCUT2D eigenvalue weighted by atomic mass is 16.6. The molecule has 1 aliphatic heterocycles. The highest BCUT2D eigenvalue weighted by molar-refractivity contribution is 6.44. The van der Waals surface area contributed by atoms with E-state index in [4.69, 9.17) is 9.31 Å². The zero-order valence-corrected chi connectivity index (χ0v) is 7.13. The van der Waals surface area contributed by atoms with Crippen LogP contribution in [-0.4, -0.2) is 14.3 Å². The minimum absolute atomic E-state index is 0.332. The van der Waals surface area contributed by atoms with Crippen molar-refractivity contribution in [2.45, 2.75) is 6.92 Å². The lowest BCUT2D eigenvalue weighted by molar-refractivity contribution is 0.482. The van der Waals surface area contributed by atoms with E-state index in [2.05, 4.69) is 5.23 Å². The summed E-state index contributed by atoms with van der Waals surface area (Å²) in [6, 6.07) is 5.88. The molecule has 1 heterocycles. The number of hydrogen-bond donors (Lipinski definition) is 1. The molecule has 0 atom stereocenters. The van der Waals surface area contributed by atoms with E-state index >= 15 is 0 Å². The van der Waals surface area contributed by atoms with Crippen LogP contribution in [0.25, 0.3) is 0 Å². The van der Waals surface area contributed by atoms with Gasteiger partial charge in [0.25, 0.3) is 0 Å². The van der Waals surface area contributed by atoms with Crippen LogP contribution in [0, 0.1) is 6.92 Å². The molecule has 1 N–H and O–H groups in total. The Morgan fingerprint density at radius 2 is 2.00 bits per heavy atom. The normalized spacial score (nSPS) is 13.7. The highest BCUT2D eigenvalue weighted by Crippen LogP contribution is 2.33. The molecular formula is C8H10BNO2. The van der Waals surface area contributed by atoms with Crippen LogP contribution in [0.5, 0.6) is 11.5 Å². The van der Waals surface area contributed by atoms with Crippen LogP contribution in [-0.2, 0) is 0 Å². The van der Waals surface area contributed by atoms with Gasteiger partial charge in [0.2, 0.25) is 0 Å². The van der Waals surface area contributed by atoms with Crippen molar-refractivity contribution < 1.29 is 9.31 Å². The summed E-state index contributed by atoms with van der Waals surface area (Å²) in [5.41, 5.74) is 1.18. The van der Waals surface area contributed by atoms with Gasteiger partial charge in [0.1, 0.15) is 11.5 Å². The number of aryl methyl sites for hydroxylation is 1. The molecule has 0 aromatic heterocycles. The number of benzene rings is 1. The molecule has 1 aromatic carbocycles. The summed E-state index contributed by atoms with van der Waals surface area (Å²) in [7, 11) is 1.46. The van der Waals surface area contributed by atoms with Gasteiger partial charge in [-0.25, -0.2) is 0 Å². The largest absolute Gasteiger partial charge is 0.698 e. The summed E-state index contributed by atoms with van der Waals surface area (Å²) in [6.07, 6.45) is 0.